The summed E-state index contributed by atoms with van der Waals surface area (Å²) < 4.78 is 0. The molecule has 0 aliphatic carbocycles. The molecule has 0 saturated heterocycles. The van der Waals surface area contributed by atoms with Gasteiger partial charge in [-0.05, 0) is 20.4 Å². The molecule has 0 saturated carbocycles. The first-order chi connectivity index (χ1) is 6.77. The lowest BCUT2D eigenvalue weighted by Crippen LogP contribution is -2.17. The molecule has 1 unspecified atom stereocenters. The van der Waals surface area contributed by atoms with Crippen LogP contribution in [0.3, 0.4) is 0 Å². The summed E-state index contributed by atoms with van der Waals surface area (Å²) in [4.78, 5) is 8.63. The summed E-state index contributed by atoms with van der Waals surface area (Å²) in [6, 6.07) is 0.350. The second-order valence-corrected chi connectivity index (χ2v) is 3.57. The number of aryl methyl sites for hydroxylation is 1. The predicted octanol–water partition coefficient (Wildman–Crippen LogP) is 2.24. The van der Waals surface area contributed by atoms with E-state index < -0.39 is 0 Å². The standard InChI is InChI=1S/C11H19N3/c1-4-5-6-10(12-3)11-8-13-9(2)7-14-11/h7-8,10,12H,4-6H2,1-3H3. The van der Waals surface area contributed by atoms with Crippen LogP contribution in [-0.2, 0) is 0 Å². The molecule has 0 aliphatic heterocycles. The zero-order valence-electron chi connectivity index (χ0n) is 9.25. The van der Waals surface area contributed by atoms with Crippen LogP contribution in [0.2, 0.25) is 0 Å². The van der Waals surface area contributed by atoms with Crippen molar-refractivity contribution >= 4 is 0 Å². The maximum Gasteiger partial charge on any atom is 0.0756 e. The highest BCUT2D eigenvalue weighted by molar-refractivity contribution is 5.05. The van der Waals surface area contributed by atoms with Gasteiger partial charge in [-0.2, -0.15) is 0 Å². The normalized spacial score (nSPS) is 12.8. The summed E-state index contributed by atoms with van der Waals surface area (Å²) in [6.45, 7) is 4.16. The molecule has 14 heavy (non-hydrogen) atoms. The Hall–Kier alpha value is -0.960. The van der Waals surface area contributed by atoms with Crippen LogP contribution in [-0.4, -0.2) is 17.0 Å². The minimum Gasteiger partial charge on any atom is -0.312 e. The van der Waals surface area contributed by atoms with Crippen LogP contribution >= 0.6 is 0 Å². The zero-order valence-corrected chi connectivity index (χ0v) is 9.25. The Morgan fingerprint density at radius 1 is 1.36 bits per heavy atom. The zero-order chi connectivity index (χ0) is 10.4. The van der Waals surface area contributed by atoms with E-state index in [2.05, 4.69) is 22.2 Å². The molecular weight excluding hydrogens is 174 g/mol. The van der Waals surface area contributed by atoms with Crippen molar-refractivity contribution in [1.82, 2.24) is 15.3 Å². The van der Waals surface area contributed by atoms with Crippen molar-refractivity contribution in [1.29, 1.82) is 0 Å². The van der Waals surface area contributed by atoms with E-state index in [1.54, 1.807) is 0 Å². The highest BCUT2D eigenvalue weighted by Gasteiger charge is 2.09. The van der Waals surface area contributed by atoms with Gasteiger partial charge in [-0.1, -0.05) is 19.8 Å². The van der Waals surface area contributed by atoms with Crippen molar-refractivity contribution in [2.45, 2.75) is 39.2 Å². The van der Waals surface area contributed by atoms with Gasteiger partial charge in [0.1, 0.15) is 0 Å². The number of nitrogens with zero attached hydrogens (tertiary/aromatic N) is 2. The van der Waals surface area contributed by atoms with Crippen LogP contribution in [0.15, 0.2) is 12.4 Å². The van der Waals surface area contributed by atoms with Crippen LogP contribution in [0.4, 0.5) is 0 Å². The Kier molecular flexibility index (Phi) is 4.53. The number of unbranched alkanes of at least 4 members (excludes halogenated alkanes) is 1. The molecule has 0 fully saturated rings. The molecule has 0 aliphatic rings. The summed E-state index contributed by atoms with van der Waals surface area (Å²) in [6.07, 6.45) is 7.26. The molecule has 1 rings (SSSR count). The predicted molar refractivity (Wildman–Crippen MR) is 58.1 cm³/mol. The van der Waals surface area contributed by atoms with E-state index in [1.807, 2.05) is 26.4 Å². The minimum atomic E-state index is 0.350. The highest BCUT2D eigenvalue weighted by atomic mass is 14.9. The van der Waals surface area contributed by atoms with E-state index in [1.165, 1.54) is 12.8 Å². The first kappa shape index (κ1) is 11.1. The first-order valence-electron chi connectivity index (χ1n) is 5.23. The number of hydrogen-bond acceptors (Lipinski definition) is 3. The van der Waals surface area contributed by atoms with Crippen LogP contribution in [0.1, 0.15) is 43.6 Å². The van der Waals surface area contributed by atoms with Crippen molar-refractivity contribution in [2.24, 2.45) is 0 Å². The molecule has 0 radical (unpaired) electrons. The van der Waals surface area contributed by atoms with Gasteiger partial charge in [-0.25, -0.2) is 0 Å². The van der Waals surface area contributed by atoms with Crippen molar-refractivity contribution in [3.05, 3.63) is 23.8 Å². The van der Waals surface area contributed by atoms with E-state index in [-0.39, 0.29) is 0 Å². The van der Waals surface area contributed by atoms with E-state index in [0.717, 1.165) is 17.8 Å². The van der Waals surface area contributed by atoms with Crippen molar-refractivity contribution in [2.75, 3.05) is 7.05 Å². The molecule has 3 heteroatoms. The second kappa shape index (κ2) is 5.70. The van der Waals surface area contributed by atoms with Gasteiger partial charge in [0.15, 0.2) is 0 Å². The van der Waals surface area contributed by atoms with Gasteiger partial charge in [0, 0.05) is 6.20 Å². The summed E-state index contributed by atoms with van der Waals surface area (Å²) in [7, 11) is 1.97. The fraction of sp³-hybridized carbons (Fsp3) is 0.636. The topological polar surface area (TPSA) is 37.8 Å². The van der Waals surface area contributed by atoms with E-state index >= 15 is 0 Å². The average Bonchev–Trinajstić information content (AvgIpc) is 2.21. The molecule has 0 amide bonds. The third-order valence-corrected chi connectivity index (χ3v) is 2.35. The van der Waals surface area contributed by atoms with Gasteiger partial charge < -0.3 is 5.32 Å². The Labute approximate surface area is 86.0 Å². The summed E-state index contributed by atoms with van der Waals surface area (Å²) >= 11 is 0. The minimum absolute atomic E-state index is 0.350. The van der Waals surface area contributed by atoms with E-state index in [9.17, 15) is 0 Å². The van der Waals surface area contributed by atoms with Gasteiger partial charge in [0.25, 0.3) is 0 Å². The molecule has 0 bridgehead atoms. The fourth-order valence-corrected chi connectivity index (χ4v) is 1.43. The van der Waals surface area contributed by atoms with Crippen LogP contribution in [0.5, 0.6) is 0 Å². The maximum absolute atomic E-state index is 4.38. The number of rotatable bonds is 5. The SMILES string of the molecule is CCCCC(NC)c1cnc(C)cn1. The average molecular weight is 193 g/mol. The molecule has 0 aromatic carbocycles. The van der Waals surface area contributed by atoms with E-state index in [4.69, 9.17) is 0 Å². The van der Waals surface area contributed by atoms with Gasteiger partial charge in [0.05, 0.1) is 23.6 Å². The van der Waals surface area contributed by atoms with Gasteiger partial charge in [-0.15, -0.1) is 0 Å². The monoisotopic (exact) mass is 193 g/mol. The Morgan fingerprint density at radius 2 is 2.14 bits per heavy atom. The summed E-state index contributed by atoms with van der Waals surface area (Å²) in [5.41, 5.74) is 2.02. The molecule has 78 valence electrons. The summed E-state index contributed by atoms with van der Waals surface area (Å²) in [5.74, 6) is 0. The number of nitrogens with one attached hydrogen (secondary N) is 1. The van der Waals surface area contributed by atoms with E-state index in [0.29, 0.717) is 6.04 Å². The Morgan fingerprint density at radius 3 is 2.64 bits per heavy atom. The third kappa shape index (κ3) is 3.07. The van der Waals surface area contributed by atoms with Gasteiger partial charge in [0.2, 0.25) is 0 Å². The first-order valence-corrected chi connectivity index (χ1v) is 5.23. The van der Waals surface area contributed by atoms with Crippen molar-refractivity contribution < 1.29 is 0 Å². The van der Waals surface area contributed by atoms with Crippen LogP contribution in [0.25, 0.3) is 0 Å². The largest absolute Gasteiger partial charge is 0.312 e. The Balaban J connectivity index is 2.64. The van der Waals surface area contributed by atoms with Crippen LogP contribution < -0.4 is 5.32 Å². The number of aromatic nitrogens is 2. The summed E-state index contributed by atoms with van der Waals surface area (Å²) in [5, 5.41) is 3.27. The van der Waals surface area contributed by atoms with Gasteiger partial charge >= 0.3 is 0 Å². The maximum atomic E-state index is 4.38. The lowest BCUT2D eigenvalue weighted by atomic mass is 10.1. The molecule has 1 N–H and O–H groups in total. The molecule has 3 nitrogen and oxygen atoms in total. The smallest absolute Gasteiger partial charge is 0.0756 e. The van der Waals surface area contributed by atoms with Crippen LogP contribution in [0, 0.1) is 6.92 Å². The van der Waals surface area contributed by atoms with Crippen molar-refractivity contribution in [3.63, 3.8) is 0 Å². The Bertz CT molecular complexity index is 256. The molecule has 1 aromatic rings. The van der Waals surface area contributed by atoms with Gasteiger partial charge in [-0.3, -0.25) is 9.97 Å². The molecule has 0 spiro atoms. The quantitative estimate of drug-likeness (QED) is 0.779. The molecular formula is C11H19N3. The lowest BCUT2D eigenvalue weighted by molar-refractivity contribution is 0.509. The molecule has 1 atom stereocenters. The third-order valence-electron chi connectivity index (χ3n) is 2.35. The molecule has 1 heterocycles. The fourth-order valence-electron chi connectivity index (χ4n) is 1.43. The second-order valence-electron chi connectivity index (χ2n) is 3.57. The number of hydrogen-bond donors (Lipinski definition) is 1. The molecule has 1 aromatic heterocycles. The highest BCUT2D eigenvalue weighted by Crippen LogP contribution is 2.15. The van der Waals surface area contributed by atoms with Crippen molar-refractivity contribution in [3.8, 4) is 0 Å². The lowest BCUT2D eigenvalue weighted by Gasteiger charge is -2.14.